The van der Waals surface area contributed by atoms with Gasteiger partial charge in [-0.15, -0.1) is 5.10 Å². The molecule has 3 heterocycles. The van der Waals surface area contributed by atoms with Crippen LogP contribution in [0, 0.1) is 0 Å². The lowest BCUT2D eigenvalue weighted by molar-refractivity contribution is 0.0299. The molecule has 0 spiro atoms. The Bertz CT molecular complexity index is 764. The normalized spacial score (nSPS) is 20.2. The van der Waals surface area contributed by atoms with Crippen molar-refractivity contribution in [3.05, 3.63) is 47.8 Å². The first-order valence-electron chi connectivity index (χ1n) is 10.3. The number of ether oxygens (including phenoxy) is 1. The Morgan fingerprint density at radius 1 is 1.14 bits per heavy atom. The highest BCUT2D eigenvalue weighted by atomic mass is 16.5. The summed E-state index contributed by atoms with van der Waals surface area (Å²) < 4.78 is 7.21. The average molecular weight is 383 g/mol. The maximum absolute atomic E-state index is 12.6. The van der Waals surface area contributed by atoms with Crippen LogP contribution in [0.25, 0.3) is 0 Å². The van der Waals surface area contributed by atoms with Gasteiger partial charge in [0.2, 0.25) is 0 Å². The summed E-state index contributed by atoms with van der Waals surface area (Å²) >= 11 is 0. The van der Waals surface area contributed by atoms with Gasteiger partial charge in [0.05, 0.1) is 25.5 Å². The highest BCUT2D eigenvalue weighted by Gasteiger charge is 2.25. The van der Waals surface area contributed by atoms with E-state index in [9.17, 15) is 4.79 Å². The zero-order valence-corrected chi connectivity index (χ0v) is 16.5. The number of carbonyl (C=O) groups excluding carboxylic acids is 1. The fourth-order valence-corrected chi connectivity index (χ4v) is 4.12. The van der Waals surface area contributed by atoms with Crippen LogP contribution in [0.15, 0.2) is 36.5 Å². The van der Waals surface area contributed by atoms with E-state index in [0.29, 0.717) is 44.0 Å². The number of hydrogen-bond donors (Lipinski definition) is 0. The Morgan fingerprint density at radius 3 is 2.57 bits per heavy atom. The van der Waals surface area contributed by atoms with E-state index in [0.717, 1.165) is 32.5 Å². The summed E-state index contributed by atoms with van der Waals surface area (Å²) in [6.45, 7) is 7.92. The third-order valence-corrected chi connectivity index (χ3v) is 5.86. The van der Waals surface area contributed by atoms with Crippen LogP contribution >= 0.6 is 0 Å². The van der Waals surface area contributed by atoms with Gasteiger partial charge in [-0.05, 0) is 24.3 Å². The Labute approximate surface area is 166 Å². The minimum Gasteiger partial charge on any atom is -0.378 e. The van der Waals surface area contributed by atoms with Crippen molar-refractivity contribution in [3.63, 3.8) is 0 Å². The number of morpholine rings is 1. The molecule has 4 rings (SSSR count). The summed E-state index contributed by atoms with van der Waals surface area (Å²) in [5.74, 6) is 0.491. The van der Waals surface area contributed by atoms with E-state index in [2.05, 4.69) is 52.5 Å². The molecule has 28 heavy (non-hydrogen) atoms. The van der Waals surface area contributed by atoms with E-state index in [4.69, 9.17) is 4.74 Å². The number of hydrogen-bond acceptors (Lipinski definition) is 5. The van der Waals surface area contributed by atoms with Crippen molar-refractivity contribution >= 4 is 5.91 Å². The molecule has 2 fully saturated rings. The third-order valence-electron chi connectivity index (χ3n) is 5.86. The summed E-state index contributed by atoms with van der Waals surface area (Å²) in [6.07, 6.45) is 3.90. The number of nitrogens with zero attached hydrogens (tertiary/aromatic N) is 5. The molecule has 0 aliphatic carbocycles. The predicted octanol–water partition coefficient (Wildman–Crippen LogP) is 2.19. The molecule has 1 amide bonds. The second kappa shape index (κ2) is 8.84. The number of carbonyl (C=O) groups is 1. The number of likely N-dealkylation sites (tertiary alicyclic amines) is 1. The molecule has 7 nitrogen and oxygen atoms in total. The number of aromatic nitrogens is 3. The van der Waals surface area contributed by atoms with Crippen molar-refractivity contribution in [2.45, 2.75) is 31.7 Å². The topological polar surface area (TPSA) is 63.5 Å². The van der Waals surface area contributed by atoms with Gasteiger partial charge in [-0.2, -0.15) is 0 Å². The summed E-state index contributed by atoms with van der Waals surface area (Å²) in [7, 11) is 0. The number of rotatable bonds is 5. The molecule has 2 aliphatic rings. The van der Waals surface area contributed by atoms with Crippen molar-refractivity contribution in [1.29, 1.82) is 0 Å². The number of benzene rings is 1. The summed E-state index contributed by atoms with van der Waals surface area (Å²) in [6, 6.07) is 11.0. The highest BCUT2D eigenvalue weighted by molar-refractivity contribution is 5.92. The lowest BCUT2D eigenvalue weighted by Crippen LogP contribution is -2.40. The maximum Gasteiger partial charge on any atom is 0.276 e. The molecule has 150 valence electrons. The largest absolute Gasteiger partial charge is 0.378 e. The van der Waals surface area contributed by atoms with Gasteiger partial charge in [-0.1, -0.05) is 42.5 Å². The van der Waals surface area contributed by atoms with Gasteiger partial charge >= 0.3 is 0 Å². The molecule has 2 aliphatic heterocycles. The van der Waals surface area contributed by atoms with Crippen molar-refractivity contribution in [1.82, 2.24) is 24.8 Å². The predicted molar refractivity (Wildman–Crippen MR) is 106 cm³/mol. The van der Waals surface area contributed by atoms with E-state index in [1.54, 1.807) is 4.90 Å². The van der Waals surface area contributed by atoms with Gasteiger partial charge in [-0.3, -0.25) is 4.79 Å². The molecule has 7 heteroatoms. The van der Waals surface area contributed by atoms with Gasteiger partial charge in [-0.25, -0.2) is 4.68 Å². The second-order valence-corrected chi connectivity index (χ2v) is 7.83. The van der Waals surface area contributed by atoms with E-state index in [-0.39, 0.29) is 5.91 Å². The number of piperidine rings is 1. The van der Waals surface area contributed by atoms with E-state index < -0.39 is 0 Å². The van der Waals surface area contributed by atoms with Crippen LogP contribution in [0.3, 0.4) is 0 Å². The smallest absolute Gasteiger partial charge is 0.276 e. The average Bonchev–Trinajstić information content (AvgIpc) is 3.25. The summed E-state index contributed by atoms with van der Waals surface area (Å²) in [4.78, 5) is 16.9. The highest BCUT2D eigenvalue weighted by Crippen LogP contribution is 2.24. The second-order valence-electron chi connectivity index (χ2n) is 7.83. The molecule has 0 N–H and O–H groups in total. The molecule has 1 aromatic heterocycles. The van der Waals surface area contributed by atoms with Gasteiger partial charge in [0.1, 0.15) is 0 Å². The van der Waals surface area contributed by atoms with E-state index in [1.165, 1.54) is 5.56 Å². The van der Waals surface area contributed by atoms with Crippen LogP contribution in [0.2, 0.25) is 0 Å². The molecule has 0 bridgehead atoms. The molecule has 0 radical (unpaired) electrons. The summed E-state index contributed by atoms with van der Waals surface area (Å²) in [5.41, 5.74) is 1.84. The monoisotopic (exact) mass is 383 g/mol. The Morgan fingerprint density at radius 2 is 1.86 bits per heavy atom. The zero-order valence-electron chi connectivity index (χ0n) is 16.5. The first kappa shape index (κ1) is 19.1. The Hall–Kier alpha value is -2.25. The lowest BCUT2D eigenvalue weighted by Gasteiger charge is -2.33. The van der Waals surface area contributed by atoms with Crippen LogP contribution in [0.5, 0.6) is 0 Å². The molecular weight excluding hydrogens is 354 g/mol. The molecule has 1 atom stereocenters. The minimum absolute atomic E-state index is 0.0383. The fourth-order valence-electron chi connectivity index (χ4n) is 4.12. The van der Waals surface area contributed by atoms with E-state index >= 15 is 0 Å². The van der Waals surface area contributed by atoms with Crippen LogP contribution in [-0.4, -0.2) is 76.6 Å². The van der Waals surface area contributed by atoms with Gasteiger partial charge in [0, 0.05) is 32.7 Å². The molecule has 0 unspecified atom stereocenters. The van der Waals surface area contributed by atoms with Crippen molar-refractivity contribution < 1.29 is 9.53 Å². The van der Waals surface area contributed by atoms with Gasteiger partial charge < -0.3 is 14.5 Å². The van der Waals surface area contributed by atoms with Crippen LogP contribution in [-0.2, 0) is 4.74 Å². The van der Waals surface area contributed by atoms with Crippen molar-refractivity contribution in [2.24, 2.45) is 0 Å². The van der Waals surface area contributed by atoms with Crippen LogP contribution in [0.4, 0.5) is 0 Å². The molecule has 1 aromatic carbocycles. The standard InChI is InChI=1S/C21H29N5O2/c1-17(18-5-3-2-4-6-18)15-24-9-7-19(8-10-24)26-16-20(22-23-26)21(27)25-11-13-28-14-12-25/h2-6,16-17,19H,7-15H2,1H3/t17-/m1/s1. The van der Waals surface area contributed by atoms with Gasteiger partial charge in [0.15, 0.2) is 5.69 Å². The minimum atomic E-state index is -0.0383. The van der Waals surface area contributed by atoms with Crippen LogP contribution in [0.1, 0.15) is 47.8 Å². The molecule has 2 aromatic rings. The third kappa shape index (κ3) is 4.42. The summed E-state index contributed by atoms with van der Waals surface area (Å²) in [5, 5.41) is 8.40. The van der Waals surface area contributed by atoms with Crippen LogP contribution < -0.4 is 0 Å². The molecule has 0 saturated carbocycles. The first-order chi connectivity index (χ1) is 13.7. The quantitative estimate of drug-likeness (QED) is 0.792. The molecular formula is C21H29N5O2. The first-order valence-corrected chi connectivity index (χ1v) is 10.3. The lowest BCUT2D eigenvalue weighted by atomic mass is 9.98. The fraction of sp³-hybridized carbons (Fsp3) is 0.571. The SMILES string of the molecule is C[C@H](CN1CCC(n2cc(C(=O)N3CCOCC3)nn2)CC1)c1ccccc1. The zero-order chi connectivity index (χ0) is 19.3. The Kier molecular flexibility index (Phi) is 6.02. The number of amides is 1. The van der Waals surface area contributed by atoms with Crippen molar-refractivity contribution in [2.75, 3.05) is 45.9 Å². The van der Waals surface area contributed by atoms with Crippen molar-refractivity contribution in [3.8, 4) is 0 Å². The maximum atomic E-state index is 12.6. The van der Waals surface area contributed by atoms with Gasteiger partial charge in [0.25, 0.3) is 5.91 Å². The molecule has 2 saturated heterocycles. The van der Waals surface area contributed by atoms with E-state index in [1.807, 2.05) is 10.9 Å². The Balaban J connectivity index is 1.29.